The van der Waals surface area contributed by atoms with Gasteiger partial charge in [0.2, 0.25) is 0 Å². The topological polar surface area (TPSA) is 88.1 Å². The van der Waals surface area contributed by atoms with Crippen molar-refractivity contribution in [2.24, 2.45) is 5.10 Å². The number of carbonyl (C=O) groups excluding carboxylic acids is 1. The van der Waals surface area contributed by atoms with Crippen molar-refractivity contribution in [1.82, 2.24) is 5.43 Å². The summed E-state index contributed by atoms with van der Waals surface area (Å²) < 4.78 is 32.6. The highest BCUT2D eigenvalue weighted by atomic mass is 35.5. The van der Waals surface area contributed by atoms with E-state index >= 15 is 0 Å². The zero-order valence-corrected chi connectivity index (χ0v) is 19.2. The zero-order valence-electron chi connectivity index (χ0n) is 16.9. The average Bonchev–Trinajstić information content (AvgIpc) is 2.78. The molecular formula is C22H19Cl2N3O4S. The third kappa shape index (κ3) is 6.00. The summed E-state index contributed by atoms with van der Waals surface area (Å²) in [6.45, 7) is -0.509. The highest BCUT2D eigenvalue weighted by Gasteiger charge is 2.27. The van der Waals surface area contributed by atoms with E-state index in [0.29, 0.717) is 15.8 Å². The summed E-state index contributed by atoms with van der Waals surface area (Å²) in [5, 5.41) is 4.62. The number of hydrogen-bond acceptors (Lipinski definition) is 5. The molecule has 0 aliphatic carbocycles. The van der Waals surface area contributed by atoms with Crippen LogP contribution in [-0.4, -0.2) is 34.2 Å². The van der Waals surface area contributed by atoms with Crippen molar-refractivity contribution in [2.45, 2.75) is 4.90 Å². The van der Waals surface area contributed by atoms with Crippen molar-refractivity contribution in [3.05, 3.63) is 88.4 Å². The fourth-order valence-corrected chi connectivity index (χ4v) is 4.44. The van der Waals surface area contributed by atoms with Crippen molar-refractivity contribution in [1.29, 1.82) is 0 Å². The number of amides is 1. The first-order chi connectivity index (χ1) is 15.3. The molecule has 0 aliphatic heterocycles. The molecule has 0 bridgehead atoms. The molecule has 0 unspecified atom stereocenters. The van der Waals surface area contributed by atoms with Crippen molar-refractivity contribution in [3.63, 3.8) is 0 Å². The van der Waals surface area contributed by atoms with Crippen molar-refractivity contribution in [3.8, 4) is 5.75 Å². The van der Waals surface area contributed by atoms with Crippen LogP contribution < -0.4 is 14.5 Å². The number of hydrazone groups is 1. The molecule has 10 heteroatoms. The van der Waals surface area contributed by atoms with E-state index in [-0.39, 0.29) is 10.6 Å². The third-order valence-corrected chi connectivity index (χ3v) is 6.58. The van der Waals surface area contributed by atoms with Gasteiger partial charge < -0.3 is 4.74 Å². The van der Waals surface area contributed by atoms with E-state index in [2.05, 4.69) is 10.5 Å². The predicted molar refractivity (Wildman–Crippen MR) is 126 cm³/mol. The van der Waals surface area contributed by atoms with Crippen LogP contribution in [0.3, 0.4) is 0 Å². The summed E-state index contributed by atoms with van der Waals surface area (Å²) in [7, 11) is -2.52. The SMILES string of the molecule is COc1ccc(/C=N\NC(=O)CN(c2cccc(Cl)c2)S(=O)(=O)c2ccc(Cl)cc2)cc1. The molecule has 0 radical (unpaired) electrons. The quantitative estimate of drug-likeness (QED) is 0.374. The van der Waals surface area contributed by atoms with Gasteiger partial charge in [-0.3, -0.25) is 9.10 Å². The normalized spacial score (nSPS) is 11.3. The molecule has 32 heavy (non-hydrogen) atoms. The Morgan fingerprint density at radius 1 is 1.03 bits per heavy atom. The molecule has 0 spiro atoms. The van der Waals surface area contributed by atoms with Crippen LogP contribution in [0.15, 0.2) is 82.8 Å². The number of hydrogen-bond donors (Lipinski definition) is 1. The number of anilines is 1. The fourth-order valence-electron chi connectivity index (χ4n) is 2.71. The number of sulfonamides is 1. The molecule has 0 aromatic heterocycles. The molecule has 7 nitrogen and oxygen atoms in total. The van der Waals surface area contributed by atoms with Crippen molar-refractivity contribution >= 4 is 51.0 Å². The van der Waals surface area contributed by atoms with Crippen LogP contribution in [0.25, 0.3) is 0 Å². The van der Waals surface area contributed by atoms with Gasteiger partial charge in [-0.15, -0.1) is 0 Å². The van der Waals surface area contributed by atoms with Crippen LogP contribution in [0.2, 0.25) is 10.0 Å². The van der Waals surface area contributed by atoms with Gasteiger partial charge in [0, 0.05) is 10.0 Å². The van der Waals surface area contributed by atoms with Crippen LogP contribution in [0.5, 0.6) is 5.75 Å². The van der Waals surface area contributed by atoms with E-state index in [9.17, 15) is 13.2 Å². The Hall–Kier alpha value is -3.07. The number of benzene rings is 3. The first kappa shape index (κ1) is 23.6. The van der Waals surface area contributed by atoms with Crippen LogP contribution in [0.4, 0.5) is 5.69 Å². The van der Waals surface area contributed by atoms with Crippen LogP contribution in [0, 0.1) is 0 Å². The summed E-state index contributed by atoms with van der Waals surface area (Å²) in [5.41, 5.74) is 3.31. The molecule has 3 aromatic rings. The van der Waals surface area contributed by atoms with Gasteiger partial charge in [0.15, 0.2) is 0 Å². The van der Waals surface area contributed by atoms with Crippen LogP contribution in [0.1, 0.15) is 5.56 Å². The summed E-state index contributed by atoms with van der Waals surface area (Å²) in [5.74, 6) is 0.0584. The van der Waals surface area contributed by atoms with E-state index < -0.39 is 22.5 Å². The molecule has 0 saturated heterocycles. The third-order valence-electron chi connectivity index (χ3n) is 4.30. The number of halogens is 2. The molecular weight excluding hydrogens is 473 g/mol. The van der Waals surface area contributed by atoms with Gasteiger partial charge in [0.1, 0.15) is 12.3 Å². The summed E-state index contributed by atoms with van der Waals surface area (Å²) in [6.07, 6.45) is 1.44. The molecule has 0 heterocycles. The number of ether oxygens (including phenoxy) is 1. The number of rotatable bonds is 8. The number of methoxy groups -OCH3 is 1. The van der Waals surface area contributed by atoms with Crippen molar-refractivity contribution < 1.29 is 17.9 Å². The Bertz CT molecular complexity index is 1210. The second kappa shape index (κ2) is 10.5. The molecule has 166 valence electrons. The predicted octanol–water partition coefficient (Wildman–Crippen LogP) is 4.35. The monoisotopic (exact) mass is 491 g/mol. The summed E-state index contributed by atoms with van der Waals surface area (Å²) in [4.78, 5) is 12.5. The molecule has 0 atom stereocenters. The maximum absolute atomic E-state index is 13.3. The fraction of sp³-hybridized carbons (Fsp3) is 0.0909. The lowest BCUT2D eigenvalue weighted by molar-refractivity contribution is -0.119. The van der Waals surface area contributed by atoms with E-state index in [1.807, 2.05) is 0 Å². The first-order valence-corrected chi connectivity index (χ1v) is 11.5. The van der Waals surface area contributed by atoms with Crippen LogP contribution in [-0.2, 0) is 14.8 Å². The van der Waals surface area contributed by atoms with Crippen LogP contribution >= 0.6 is 23.2 Å². The minimum atomic E-state index is -4.08. The molecule has 0 saturated carbocycles. The molecule has 0 fully saturated rings. The smallest absolute Gasteiger partial charge is 0.264 e. The second-order valence-corrected chi connectivity index (χ2v) is 9.25. The lowest BCUT2D eigenvalue weighted by Crippen LogP contribution is -2.39. The Kier molecular flexibility index (Phi) is 7.74. The van der Waals surface area contributed by atoms with Gasteiger partial charge >= 0.3 is 0 Å². The zero-order chi connectivity index (χ0) is 23.1. The standard InChI is InChI=1S/C22H19Cl2N3O4S/c1-31-20-9-5-16(6-10-20)14-25-26-22(28)15-27(19-4-2-3-18(24)13-19)32(29,30)21-11-7-17(23)8-12-21/h2-14H,15H2,1H3,(H,26,28)/b25-14-. The molecule has 1 amide bonds. The molecule has 3 rings (SSSR count). The maximum Gasteiger partial charge on any atom is 0.264 e. The second-order valence-electron chi connectivity index (χ2n) is 6.51. The Morgan fingerprint density at radius 3 is 2.34 bits per heavy atom. The van der Waals surface area contributed by atoms with E-state index in [1.165, 1.54) is 36.5 Å². The van der Waals surface area contributed by atoms with Gasteiger partial charge in [-0.25, -0.2) is 13.8 Å². The lowest BCUT2D eigenvalue weighted by atomic mass is 10.2. The largest absolute Gasteiger partial charge is 0.497 e. The maximum atomic E-state index is 13.3. The molecule has 0 aliphatic rings. The summed E-state index contributed by atoms with van der Waals surface area (Å²) >= 11 is 11.9. The molecule has 3 aromatic carbocycles. The van der Waals surface area contributed by atoms with E-state index in [1.54, 1.807) is 49.6 Å². The number of nitrogens with zero attached hydrogens (tertiary/aromatic N) is 2. The minimum Gasteiger partial charge on any atom is -0.497 e. The highest BCUT2D eigenvalue weighted by Crippen LogP contribution is 2.26. The van der Waals surface area contributed by atoms with E-state index in [4.69, 9.17) is 27.9 Å². The number of nitrogens with one attached hydrogen (secondary N) is 1. The minimum absolute atomic E-state index is 0.0172. The summed E-state index contributed by atoms with van der Waals surface area (Å²) in [6, 6.07) is 18.9. The van der Waals surface area contributed by atoms with E-state index in [0.717, 1.165) is 9.87 Å². The lowest BCUT2D eigenvalue weighted by Gasteiger charge is -2.23. The van der Waals surface area contributed by atoms with Gasteiger partial charge in [0.25, 0.3) is 15.9 Å². The van der Waals surface area contributed by atoms with Gasteiger partial charge in [-0.05, 0) is 72.3 Å². The highest BCUT2D eigenvalue weighted by molar-refractivity contribution is 7.92. The Morgan fingerprint density at radius 2 is 1.72 bits per heavy atom. The Labute approximate surface area is 196 Å². The average molecular weight is 492 g/mol. The Balaban J connectivity index is 1.81. The van der Waals surface area contributed by atoms with Gasteiger partial charge in [-0.1, -0.05) is 29.3 Å². The first-order valence-electron chi connectivity index (χ1n) is 9.29. The van der Waals surface area contributed by atoms with Gasteiger partial charge in [0.05, 0.1) is 23.9 Å². The number of carbonyl (C=O) groups is 1. The molecule has 1 N–H and O–H groups in total. The van der Waals surface area contributed by atoms with Crippen molar-refractivity contribution in [2.75, 3.05) is 18.0 Å². The van der Waals surface area contributed by atoms with Gasteiger partial charge in [-0.2, -0.15) is 5.10 Å².